The average Bonchev–Trinajstić information content (AvgIpc) is 3.67. The molecule has 2 aliphatic heterocycles. The fraction of sp³-hybridized carbons (Fsp3) is 0.462. The average molecular weight is 599 g/mol. The number of hydrogen-bond acceptors (Lipinski definition) is 8. The molecule has 0 radical (unpaired) electrons. The van der Waals surface area contributed by atoms with Crippen LogP contribution in [-0.2, 0) is 19.6 Å². The van der Waals surface area contributed by atoms with Crippen LogP contribution in [0.2, 0.25) is 0 Å². The zero-order valence-corrected chi connectivity index (χ0v) is 23.0. The second kappa shape index (κ2) is 10.6. The molecule has 3 N–H and O–H groups in total. The summed E-state index contributed by atoms with van der Waals surface area (Å²) in [7, 11) is -4.13. The third-order valence-corrected chi connectivity index (χ3v) is 8.80. The Morgan fingerprint density at radius 2 is 1.90 bits per heavy atom. The molecule has 1 saturated carbocycles. The smallest absolute Gasteiger partial charge is 0.427 e. The predicted octanol–water partition coefficient (Wildman–Crippen LogP) is 4.76. The lowest BCUT2D eigenvalue weighted by Crippen LogP contribution is -2.45. The van der Waals surface area contributed by atoms with Crippen LogP contribution in [0.3, 0.4) is 0 Å². The van der Waals surface area contributed by atoms with Gasteiger partial charge in [-0.2, -0.15) is 13.2 Å². The van der Waals surface area contributed by atoms with Gasteiger partial charge in [-0.25, -0.2) is 18.0 Å². The maximum Gasteiger partial charge on any atom is 0.427 e. The summed E-state index contributed by atoms with van der Waals surface area (Å²) in [6, 6.07) is 10.8. The Hall–Kier alpha value is -3.72. The molecule has 3 aliphatic rings. The molecule has 1 aliphatic carbocycles. The second-order valence-electron chi connectivity index (χ2n) is 10.6. The summed E-state index contributed by atoms with van der Waals surface area (Å²) in [6.07, 6.45) is -5.19. The van der Waals surface area contributed by atoms with E-state index in [0.29, 0.717) is 18.8 Å². The van der Waals surface area contributed by atoms with Crippen molar-refractivity contribution in [3.05, 3.63) is 48.0 Å². The van der Waals surface area contributed by atoms with Crippen LogP contribution < -0.4 is 25.2 Å². The van der Waals surface area contributed by atoms with E-state index in [2.05, 4.69) is 25.7 Å². The van der Waals surface area contributed by atoms with Gasteiger partial charge in [-0.15, -0.1) is 5.48 Å². The van der Waals surface area contributed by atoms with E-state index in [-0.39, 0.29) is 28.6 Å². The van der Waals surface area contributed by atoms with Crippen LogP contribution in [0, 0.1) is 0 Å². The summed E-state index contributed by atoms with van der Waals surface area (Å²) in [5.41, 5.74) is 0.817. The number of fused-ring (bicyclic) bond motifs is 1. The van der Waals surface area contributed by atoms with Crippen molar-refractivity contribution in [2.75, 3.05) is 16.2 Å². The summed E-state index contributed by atoms with van der Waals surface area (Å²) < 4.78 is 79.3. The summed E-state index contributed by atoms with van der Waals surface area (Å²) in [5, 5.41) is 4.81. The lowest BCUT2D eigenvalue weighted by Gasteiger charge is -2.36. The molecule has 0 spiro atoms. The number of anilines is 2. The zero-order chi connectivity index (χ0) is 29.6. The van der Waals surface area contributed by atoms with Crippen LogP contribution >= 0.6 is 0 Å². The number of sulfonamides is 1. The molecule has 222 valence electrons. The Bertz CT molecular complexity index is 1450. The van der Waals surface area contributed by atoms with E-state index in [0.717, 1.165) is 36.6 Å². The van der Waals surface area contributed by atoms with Gasteiger partial charge in [0.15, 0.2) is 0 Å². The van der Waals surface area contributed by atoms with Crippen molar-refractivity contribution < 1.29 is 45.5 Å². The van der Waals surface area contributed by atoms with E-state index in [1.54, 1.807) is 12.1 Å². The lowest BCUT2D eigenvalue weighted by molar-refractivity contribution is -0.242. The Labute approximate surface area is 234 Å². The first kappa shape index (κ1) is 28.8. The second-order valence-corrected chi connectivity index (χ2v) is 12.5. The van der Waals surface area contributed by atoms with E-state index in [1.165, 1.54) is 24.3 Å². The molecule has 41 heavy (non-hydrogen) atoms. The minimum absolute atomic E-state index is 0.00993. The maximum absolute atomic E-state index is 14.0. The van der Waals surface area contributed by atoms with Crippen molar-refractivity contribution >= 4 is 33.6 Å². The molecule has 2 heterocycles. The molecule has 1 saturated heterocycles. The third kappa shape index (κ3) is 6.30. The maximum atomic E-state index is 14.0. The highest BCUT2D eigenvalue weighted by atomic mass is 32.2. The van der Waals surface area contributed by atoms with E-state index in [9.17, 15) is 31.2 Å². The van der Waals surface area contributed by atoms with Crippen LogP contribution in [0.4, 0.5) is 34.1 Å². The van der Waals surface area contributed by atoms with E-state index < -0.39 is 46.3 Å². The number of rotatable bonds is 8. The first-order valence-electron chi connectivity index (χ1n) is 13.0. The molecular formula is C26H29F3N4O7S. The standard InChI is InChI=1S/C26H29F3N4O7S/c1-25(2,26(27,28)29)39-23(34)30-17-8-10-21-20(13-17)33(14-18(38-21)9-11-22-31-24(35)40-32-22)41(36,37)19-5-3-4-16(12-19)15-6-7-15/h3-5,8,10,12-13,15,18,22,32H,6-7,9,11,14H2,1-2H3,(H,30,34)(H,31,35)/t18-,22?/m0/s1. The Morgan fingerprint density at radius 1 is 1.15 bits per heavy atom. The van der Waals surface area contributed by atoms with Gasteiger partial charge < -0.3 is 19.6 Å². The molecule has 2 aromatic rings. The van der Waals surface area contributed by atoms with Crippen molar-refractivity contribution in [1.29, 1.82) is 0 Å². The Morgan fingerprint density at radius 3 is 2.56 bits per heavy atom. The molecule has 11 nitrogen and oxygen atoms in total. The molecule has 0 bridgehead atoms. The van der Waals surface area contributed by atoms with E-state index >= 15 is 0 Å². The van der Waals surface area contributed by atoms with Crippen molar-refractivity contribution in [1.82, 2.24) is 10.8 Å². The summed E-state index contributed by atoms with van der Waals surface area (Å²) in [6.45, 7) is 1.34. The number of alkyl halides is 3. The number of nitrogens with zero attached hydrogens (tertiary/aromatic N) is 1. The number of ether oxygens (including phenoxy) is 2. The molecule has 2 atom stereocenters. The summed E-state index contributed by atoms with van der Waals surface area (Å²) in [5.74, 6) is 0.506. The van der Waals surface area contributed by atoms with Gasteiger partial charge in [0.25, 0.3) is 10.0 Å². The van der Waals surface area contributed by atoms with Gasteiger partial charge in [0, 0.05) is 5.69 Å². The molecule has 1 unspecified atom stereocenters. The van der Waals surface area contributed by atoms with Gasteiger partial charge in [0.2, 0.25) is 5.60 Å². The largest absolute Gasteiger partial charge is 0.486 e. The fourth-order valence-corrected chi connectivity index (χ4v) is 6.04. The van der Waals surface area contributed by atoms with Crippen LogP contribution in [0.25, 0.3) is 0 Å². The van der Waals surface area contributed by atoms with E-state index in [1.807, 2.05) is 6.07 Å². The number of hydrogen-bond donors (Lipinski definition) is 3. The Kier molecular flexibility index (Phi) is 7.44. The normalized spacial score (nSPS) is 20.9. The number of nitrogens with one attached hydrogen (secondary N) is 3. The SMILES string of the molecule is CC(C)(OC(=O)Nc1ccc2c(c1)N(S(=O)(=O)c1cccc(C3CC3)c1)C[C@H](CCC1NOC(=O)N1)O2)C(F)(F)F. The van der Waals surface area contributed by atoms with E-state index in [4.69, 9.17) is 4.74 Å². The van der Waals surface area contributed by atoms with Crippen molar-refractivity contribution in [3.8, 4) is 5.75 Å². The van der Waals surface area contributed by atoms with Crippen LogP contribution in [-0.4, -0.2) is 51.2 Å². The lowest BCUT2D eigenvalue weighted by atomic mass is 10.1. The minimum Gasteiger partial charge on any atom is -0.486 e. The third-order valence-electron chi connectivity index (χ3n) is 7.03. The number of carbonyl (C=O) groups is 2. The molecule has 2 amide bonds. The van der Waals surface area contributed by atoms with Gasteiger partial charge in [0.1, 0.15) is 18.0 Å². The molecule has 2 fully saturated rings. The van der Waals surface area contributed by atoms with Crippen LogP contribution in [0.1, 0.15) is 51.0 Å². The fourth-order valence-electron chi connectivity index (χ4n) is 4.48. The minimum atomic E-state index is -4.80. The number of hydroxylamine groups is 1. The molecule has 0 aromatic heterocycles. The molecule has 5 rings (SSSR count). The van der Waals surface area contributed by atoms with Crippen molar-refractivity contribution in [3.63, 3.8) is 0 Å². The van der Waals surface area contributed by atoms with Gasteiger partial charge in [-0.1, -0.05) is 12.1 Å². The van der Waals surface area contributed by atoms with Crippen molar-refractivity contribution in [2.45, 2.75) is 74.4 Å². The summed E-state index contributed by atoms with van der Waals surface area (Å²) in [4.78, 5) is 28.4. The number of carbonyl (C=O) groups excluding carboxylic acids is 2. The quantitative estimate of drug-likeness (QED) is 0.396. The summed E-state index contributed by atoms with van der Waals surface area (Å²) >= 11 is 0. The highest BCUT2D eigenvalue weighted by Gasteiger charge is 2.51. The van der Waals surface area contributed by atoms with Gasteiger partial charge in [-0.05, 0) is 81.3 Å². The highest BCUT2D eigenvalue weighted by molar-refractivity contribution is 7.92. The van der Waals surface area contributed by atoms with Gasteiger partial charge >= 0.3 is 18.4 Å². The number of halogens is 3. The topological polar surface area (TPSA) is 135 Å². The van der Waals surface area contributed by atoms with Crippen LogP contribution in [0.5, 0.6) is 5.75 Å². The highest BCUT2D eigenvalue weighted by Crippen LogP contribution is 2.43. The van der Waals surface area contributed by atoms with Gasteiger partial charge in [0.05, 0.1) is 17.1 Å². The number of amides is 2. The Balaban J connectivity index is 1.42. The number of benzene rings is 2. The molecule has 15 heteroatoms. The van der Waals surface area contributed by atoms with Gasteiger partial charge in [-0.3, -0.25) is 9.62 Å². The first-order chi connectivity index (χ1) is 19.2. The monoisotopic (exact) mass is 598 g/mol. The first-order valence-corrected chi connectivity index (χ1v) is 14.4. The van der Waals surface area contributed by atoms with Crippen LogP contribution in [0.15, 0.2) is 47.4 Å². The molecule has 2 aromatic carbocycles. The van der Waals surface area contributed by atoms with Crippen molar-refractivity contribution in [2.24, 2.45) is 0 Å². The molecular weight excluding hydrogens is 569 g/mol. The zero-order valence-electron chi connectivity index (χ0n) is 22.2. The predicted molar refractivity (Wildman–Crippen MR) is 140 cm³/mol.